The molecule has 0 spiro atoms. The molecular formula is C16H20. The summed E-state index contributed by atoms with van der Waals surface area (Å²) in [5, 5.41) is 0. The van der Waals surface area contributed by atoms with Crippen LogP contribution < -0.4 is 0 Å². The van der Waals surface area contributed by atoms with Crippen LogP contribution >= 0.6 is 0 Å². The van der Waals surface area contributed by atoms with Gasteiger partial charge in [-0.05, 0) is 24.3 Å². The number of allylic oxidation sites excluding steroid dienone is 5. The SMILES string of the molecule is C=C/C=C\C/C=C\CC(C)c1ccccc1. The maximum atomic E-state index is 3.64. The van der Waals surface area contributed by atoms with E-state index in [1.165, 1.54) is 5.56 Å². The lowest BCUT2D eigenvalue weighted by Crippen LogP contribution is -1.90. The molecule has 1 unspecified atom stereocenters. The molecule has 0 aliphatic carbocycles. The largest absolute Gasteiger partial charge is 0.0991 e. The van der Waals surface area contributed by atoms with Gasteiger partial charge in [0.25, 0.3) is 0 Å². The highest BCUT2D eigenvalue weighted by atomic mass is 14.1. The van der Waals surface area contributed by atoms with E-state index in [0.29, 0.717) is 5.92 Å². The van der Waals surface area contributed by atoms with Crippen LogP contribution in [0.25, 0.3) is 0 Å². The maximum Gasteiger partial charge on any atom is -0.0156 e. The van der Waals surface area contributed by atoms with Crippen molar-refractivity contribution in [2.24, 2.45) is 0 Å². The van der Waals surface area contributed by atoms with Gasteiger partial charge in [0.2, 0.25) is 0 Å². The number of hydrogen-bond donors (Lipinski definition) is 0. The van der Waals surface area contributed by atoms with Crippen molar-refractivity contribution >= 4 is 0 Å². The second kappa shape index (κ2) is 7.70. The molecular weight excluding hydrogens is 192 g/mol. The molecule has 0 aliphatic heterocycles. The molecule has 0 saturated heterocycles. The molecule has 1 aromatic rings. The Morgan fingerprint density at radius 1 is 1.12 bits per heavy atom. The van der Waals surface area contributed by atoms with Gasteiger partial charge in [-0.1, -0.05) is 74.2 Å². The van der Waals surface area contributed by atoms with Gasteiger partial charge in [0.15, 0.2) is 0 Å². The van der Waals surface area contributed by atoms with Crippen LogP contribution in [0.15, 0.2) is 67.3 Å². The summed E-state index contributed by atoms with van der Waals surface area (Å²) in [7, 11) is 0. The second-order valence-electron chi connectivity index (χ2n) is 3.92. The van der Waals surface area contributed by atoms with Gasteiger partial charge in [0.05, 0.1) is 0 Å². The minimum Gasteiger partial charge on any atom is -0.0991 e. The van der Waals surface area contributed by atoms with Gasteiger partial charge in [0, 0.05) is 0 Å². The zero-order valence-corrected chi connectivity index (χ0v) is 9.97. The Morgan fingerprint density at radius 2 is 1.88 bits per heavy atom. The first-order valence-corrected chi connectivity index (χ1v) is 5.82. The Hall–Kier alpha value is -1.56. The van der Waals surface area contributed by atoms with E-state index in [2.05, 4.69) is 62.1 Å². The lowest BCUT2D eigenvalue weighted by Gasteiger charge is -2.08. The average Bonchev–Trinajstić information content (AvgIpc) is 2.34. The summed E-state index contributed by atoms with van der Waals surface area (Å²) in [4.78, 5) is 0. The van der Waals surface area contributed by atoms with E-state index < -0.39 is 0 Å². The summed E-state index contributed by atoms with van der Waals surface area (Å²) in [5.41, 5.74) is 1.41. The third kappa shape index (κ3) is 4.79. The Labute approximate surface area is 99.0 Å². The average molecular weight is 212 g/mol. The van der Waals surface area contributed by atoms with Crippen molar-refractivity contribution < 1.29 is 0 Å². The highest BCUT2D eigenvalue weighted by Crippen LogP contribution is 2.18. The summed E-state index contributed by atoms with van der Waals surface area (Å²) in [6.07, 6.45) is 12.5. The van der Waals surface area contributed by atoms with Crippen LogP contribution in [0.4, 0.5) is 0 Å². The van der Waals surface area contributed by atoms with E-state index in [-0.39, 0.29) is 0 Å². The molecule has 0 aromatic heterocycles. The fourth-order valence-electron chi connectivity index (χ4n) is 1.57. The van der Waals surface area contributed by atoms with Crippen molar-refractivity contribution in [1.82, 2.24) is 0 Å². The van der Waals surface area contributed by atoms with Crippen LogP contribution in [-0.4, -0.2) is 0 Å². The monoisotopic (exact) mass is 212 g/mol. The quantitative estimate of drug-likeness (QED) is 0.466. The van der Waals surface area contributed by atoms with E-state index in [4.69, 9.17) is 0 Å². The number of rotatable bonds is 6. The van der Waals surface area contributed by atoms with Crippen LogP contribution in [0.3, 0.4) is 0 Å². The van der Waals surface area contributed by atoms with Gasteiger partial charge < -0.3 is 0 Å². The highest BCUT2D eigenvalue weighted by molar-refractivity contribution is 5.19. The predicted octanol–water partition coefficient (Wildman–Crippen LogP) is 4.87. The summed E-state index contributed by atoms with van der Waals surface area (Å²) < 4.78 is 0. The molecule has 0 nitrogen and oxygen atoms in total. The first kappa shape index (κ1) is 12.5. The summed E-state index contributed by atoms with van der Waals surface area (Å²) >= 11 is 0. The topological polar surface area (TPSA) is 0 Å². The molecule has 0 saturated carbocycles. The van der Waals surface area contributed by atoms with Gasteiger partial charge in [-0.3, -0.25) is 0 Å². The molecule has 0 amide bonds. The van der Waals surface area contributed by atoms with Gasteiger partial charge >= 0.3 is 0 Å². The molecule has 1 rings (SSSR count). The fraction of sp³-hybridized carbons (Fsp3) is 0.250. The standard InChI is InChI=1S/C16H20/c1-3-4-5-6-7-9-12-15(2)16-13-10-8-11-14-16/h3-5,7-11,13-15H,1,6,12H2,2H3/b5-4-,9-7-. The predicted molar refractivity (Wildman–Crippen MR) is 72.6 cm³/mol. The van der Waals surface area contributed by atoms with Gasteiger partial charge in [0.1, 0.15) is 0 Å². The van der Waals surface area contributed by atoms with E-state index in [1.54, 1.807) is 6.08 Å². The van der Waals surface area contributed by atoms with Crippen LogP contribution in [-0.2, 0) is 0 Å². The van der Waals surface area contributed by atoms with Crippen LogP contribution in [0.1, 0.15) is 31.2 Å². The van der Waals surface area contributed by atoms with E-state index in [9.17, 15) is 0 Å². The molecule has 16 heavy (non-hydrogen) atoms. The van der Waals surface area contributed by atoms with Crippen LogP contribution in [0.5, 0.6) is 0 Å². The van der Waals surface area contributed by atoms with Gasteiger partial charge in [-0.2, -0.15) is 0 Å². The van der Waals surface area contributed by atoms with Crippen LogP contribution in [0.2, 0.25) is 0 Å². The third-order valence-corrected chi connectivity index (χ3v) is 2.57. The number of hydrogen-bond acceptors (Lipinski definition) is 0. The summed E-state index contributed by atoms with van der Waals surface area (Å²) in [6, 6.07) is 10.6. The molecule has 0 radical (unpaired) electrons. The lowest BCUT2D eigenvalue weighted by atomic mass is 9.98. The third-order valence-electron chi connectivity index (χ3n) is 2.57. The van der Waals surface area contributed by atoms with Crippen molar-refractivity contribution in [2.45, 2.75) is 25.7 Å². The van der Waals surface area contributed by atoms with Crippen LogP contribution in [0, 0.1) is 0 Å². The number of benzene rings is 1. The first-order valence-electron chi connectivity index (χ1n) is 5.82. The Morgan fingerprint density at radius 3 is 2.56 bits per heavy atom. The van der Waals surface area contributed by atoms with Crippen molar-refractivity contribution in [1.29, 1.82) is 0 Å². The van der Waals surface area contributed by atoms with E-state index >= 15 is 0 Å². The second-order valence-corrected chi connectivity index (χ2v) is 3.92. The minimum atomic E-state index is 0.598. The zero-order valence-electron chi connectivity index (χ0n) is 9.97. The lowest BCUT2D eigenvalue weighted by molar-refractivity contribution is 0.779. The Bertz CT molecular complexity index is 344. The molecule has 0 bridgehead atoms. The minimum absolute atomic E-state index is 0.598. The molecule has 0 fully saturated rings. The van der Waals surface area contributed by atoms with Gasteiger partial charge in [-0.15, -0.1) is 0 Å². The Kier molecular flexibility index (Phi) is 6.02. The van der Waals surface area contributed by atoms with E-state index in [1.807, 2.05) is 6.08 Å². The van der Waals surface area contributed by atoms with Crippen molar-refractivity contribution in [3.8, 4) is 0 Å². The van der Waals surface area contributed by atoms with Crippen molar-refractivity contribution in [2.75, 3.05) is 0 Å². The summed E-state index contributed by atoms with van der Waals surface area (Å²) in [5.74, 6) is 0.598. The molecule has 1 aromatic carbocycles. The summed E-state index contributed by atoms with van der Waals surface area (Å²) in [6.45, 7) is 5.90. The Balaban J connectivity index is 2.33. The zero-order chi connectivity index (χ0) is 11.6. The highest BCUT2D eigenvalue weighted by Gasteiger charge is 2.00. The molecule has 0 heterocycles. The molecule has 84 valence electrons. The van der Waals surface area contributed by atoms with Gasteiger partial charge in [-0.25, -0.2) is 0 Å². The molecule has 0 aliphatic rings. The van der Waals surface area contributed by atoms with E-state index in [0.717, 1.165) is 12.8 Å². The molecule has 1 atom stereocenters. The smallest absolute Gasteiger partial charge is 0.0156 e. The van der Waals surface area contributed by atoms with Crippen molar-refractivity contribution in [3.05, 3.63) is 72.9 Å². The molecule has 0 N–H and O–H groups in total. The fourth-order valence-corrected chi connectivity index (χ4v) is 1.57. The molecule has 0 heteroatoms. The normalized spacial score (nSPS) is 13.3. The maximum absolute atomic E-state index is 3.64. The first-order chi connectivity index (χ1) is 7.84. The van der Waals surface area contributed by atoms with Crippen molar-refractivity contribution in [3.63, 3.8) is 0 Å².